The summed E-state index contributed by atoms with van der Waals surface area (Å²) in [6.07, 6.45) is 0. The maximum absolute atomic E-state index is 12.8. The first kappa shape index (κ1) is 16.5. The average molecular weight is 367 g/mol. The van der Waals surface area contributed by atoms with Gasteiger partial charge in [-0.15, -0.1) is 0 Å². The van der Waals surface area contributed by atoms with Gasteiger partial charge in [-0.1, -0.05) is 36.4 Å². The number of ether oxygens (including phenoxy) is 2. The van der Waals surface area contributed by atoms with Crippen LogP contribution in [0.5, 0.6) is 11.5 Å². The Morgan fingerprint density at radius 3 is 2.15 bits per heavy atom. The Kier molecular flexibility index (Phi) is 4.26. The quantitative estimate of drug-likeness (QED) is 0.734. The smallest absolute Gasteiger partial charge is 0.231 e. The summed E-state index contributed by atoms with van der Waals surface area (Å²) in [4.78, 5) is 0.295. The van der Waals surface area contributed by atoms with Crippen molar-refractivity contribution < 1.29 is 17.9 Å². The summed E-state index contributed by atoms with van der Waals surface area (Å²) in [5.74, 6) is 1.02. The van der Waals surface area contributed by atoms with Crippen molar-refractivity contribution in [1.82, 2.24) is 0 Å². The standard InChI is InChI=1S/C20H17NO4S/c22-26(23,17-9-5-2-6-10-17)13-15-11-19-20(25-14-24-19)12-18(15)21-16-7-3-1-4-8-16/h1-12,21H,13-14H2. The Balaban J connectivity index is 1.72. The fourth-order valence-corrected chi connectivity index (χ4v) is 4.20. The van der Waals surface area contributed by atoms with Crippen LogP contribution >= 0.6 is 0 Å². The summed E-state index contributed by atoms with van der Waals surface area (Å²) in [5.41, 5.74) is 2.17. The predicted octanol–water partition coefficient (Wildman–Crippen LogP) is 4.13. The molecule has 0 saturated heterocycles. The molecule has 0 fully saturated rings. The van der Waals surface area contributed by atoms with Gasteiger partial charge in [0.25, 0.3) is 0 Å². The normalized spacial score (nSPS) is 12.8. The molecule has 1 N–H and O–H groups in total. The van der Waals surface area contributed by atoms with Crippen molar-refractivity contribution in [3.05, 3.63) is 78.4 Å². The molecule has 0 saturated carbocycles. The van der Waals surface area contributed by atoms with Gasteiger partial charge in [-0.2, -0.15) is 0 Å². The molecule has 6 heteroatoms. The molecule has 3 aromatic rings. The first-order valence-electron chi connectivity index (χ1n) is 8.14. The van der Waals surface area contributed by atoms with Crippen LogP contribution in [0.2, 0.25) is 0 Å². The summed E-state index contributed by atoms with van der Waals surface area (Å²) in [7, 11) is -3.48. The number of nitrogens with one attached hydrogen (secondary N) is 1. The fourth-order valence-electron chi connectivity index (χ4n) is 2.81. The van der Waals surface area contributed by atoms with Crippen molar-refractivity contribution in [2.24, 2.45) is 0 Å². The van der Waals surface area contributed by atoms with E-state index in [0.717, 1.165) is 5.69 Å². The third-order valence-electron chi connectivity index (χ3n) is 4.10. The number of para-hydroxylation sites is 1. The second-order valence-corrected chi connectivity index (χ2v) is 7.92. The highest BCUT2D eigenvalue weighted by Crippen LogP contribution is 2.39. The summed E-state index contributed by atoms with van der Waals surface area (Å²) < 4.78 is 36.5. The van der Waals surface area contributed by atoms with Gasteiger partial charge in [0.1, 0.15) is 0 Å². The third kappa shape index (κ3) is 3.36. The van der Waals surface area contributed by atoms with Crippen molar-refractivity contribution in [1.29, 1.82) is 0 Å². The lowest BCUT2D eigenvalue weighted by Crippen LogP contribution is -2.07. The molecule has 1 aliphatic rings. The number of hydrogen-bond acceptors (Lipinski definition) is 5. The second kappa shape index (κ2) is 6.72. The van der Waals surface area contributed by atoms with E-state index in [4.69, 9.17) is 9.47 Å². The zero-order chi connectivity index (χ0) is 18.0. The largest absolute Gasteiger partial charge is 0.454 e. The van der Waals surface area contributed by atoms with Crippen molar-refractivity contribution in [3.8, 4) is 11.5 Å². The van der Waals surface area contributed by atoms with Crippen molar-refractivity contribution >= 4 is 21.2 Å². The Labute approximate surface area is 152 Å². The summed E-state index contributed by atoms with van der Waals surface area (Å²) in [6, 6.07) is 21.5. The molecular weight excluding hydrogens is 350 g/mol. The van der Waals surface area contributed by atoms with Crippen molar-refractivity contribution in [2.75, 3.05) is 12.1 Å². The molecular formula is C20H17NO4S. The zero-order valence-electron chi connectivity index (χ0n) is 13.9. The molecule has 132 valence electrons. The second-order valence-electron chi connectivity index (χ2n) is 5.93. The van der Waals surface area contributed by atoms with E-state index in [-0.39, 0.29) is 12.5 Å². The van der Waals surface area contributed by atoms with E-state index in [1.807, 2.05) is 30.3 Å². The van der Waals surface area contributed by atoms with Crippen molar-refractivity contribution in [3.63, 3.8) is 0 Å². The van der Waals surface area contributed by atoms with E-state index >= 15 is 0 Å². The molecule has 4 rings (SSSR count). The van der Waals surface area contributed by atoms with Crippen molar-refractivity contribution in [2.45, 2.75) is 10.6 Å². The van der Waals surface area contributed by atoms with Gasteiger partial charge in [0.2, 0.25) is 6.79 Å². The molecule has 1 heterocycles. The summed E-state index contributed by atoms with van der Waals surface area (Å²) in [5, 5.41) is 3.28. The highest BCUT2D eigenvalue weighted by molar-refractivity contribution is 7.90. The van der Waals surface area contributed by atoms with E-state index in [0.29, 0.717) is 27.6 Å². The molecule has 0 bridgehead atoms. The number of sulfone groups is 1. The molecule has 0 radical (unpaired) electrons. The minimum atomic E-state index is -3.48. The van der Waals surface area contributed by atoms with Crippen LogP contribution in [0.4, 0.5) is 11.4 Å². The minimum absolute atomic E-state index is 0.134. The van der Waals surface area contributed by atoms with Crippen LogP contribution in [0, 0.1) is 0 Å². The third-order valence-corrected chi connectivity index (χ3v) is 5.78. The fraction of sp³-hybridized carbons (Fsp3) is 0.100. The Hall–Kier alpha value is -2.99. The van der Waals surface area contributed by atoms with Gasteiger partial charge in [-0.05, 0) is 35.9 Å². The highest BCUT2D eigenvalue weighted by Gasteiger charge is 2.22. The first-order chi connectivity index (χ1) is 12.6. The molecule has 5 nitrogen and oxygen atoms in total. The SMILES string of the molecule is O=S(=O)(Cc1cc2c(cc1Nc1ccccc1)OCO2)c1ccccc1. The Bertz CT molecular complexity index is 1020. The van der Waals surface area contributed by atoms with Crippen LogP contribution in [0.25, 0.3) is 0 Å². The van der Waals surface area contributed by atoms with Crippen LogP contribution in [0.1, 0.15) is 5.56 Å². The monoisotopic (exact) mass is 367 g/mol. The Morgan fingerprint density at radius 2 is 1.46 bits per heavy atom. The topological polar surface area (TPSA) is 64.6 Å². The van der Waals surface area contributed by atoms with Gasteiger partial charge in [0.15, 0.2) is 21.3 Å². The number of fused-ring (bicyclic) bond motifs is 1. The molecule has 0 spiro atoms. The van der Waals surface area contributed by atoms with Gasteiger partial charge in [-0.3, -0.25) is 0 Å². The van der Waals surface area contributed by atoms with E-state index < -0.39 is 9.84 Å². The zero-order valence-corrected chi connectivity index (χ0v) is 14.7. The number of anilines is 2. The van der Waals surface area contributed by atoms with Crippen LogP contribution in [0.15, 0.2) is 77.7 Å². The summed E-state index contributed by atoms with van der Waals surface area (Å²) in [6.45, 7) is 0.134. The molecule has 26 heavy (non-hydrogen) atoms. The molecule has 0 aliphatic carbocycles. The summed E-state index contributed by atoms with van der Waals surface area (Å²) >= 11 is 0. The van der Waals surface area contributed by atoms with Gasteiger partial charge < -0.3 is 14.8 Å². The molecule has 1 aliphatic heterocycles. The lowest BCUT2D eigenvalue weighted by molar-refractivity contribution is 0.174. The minimum Gasteiger partial charge on any atom is -0.454 e. The molecule has 0 amide bonds. The first-order valence-corrected chi connectivity index (χ1v) is 9.79. The van der Waals surface area contributed by atoms with Gasteiger partial charge >= 0.3 is 0 Å². The van der Waals surface area contributed by atoms with Crippen LogP contribution in [-0.4, -0.2) is 15.2 Å². The lowest BCUT2D eigenvalue weighted by atomic mass is 10.1. The number of rotatable bonds is 5. The van der Waals surface area contributed by atoms with E-state index in [1.54, 1.807) is 42.5 Å². The van der Waals surface area contributed by atoms with Gasteiger partial charge in [-0.25, -0.2) is 8.42 Å². The van der Waals surface area contributed by atoms with Crippen LogP contribution in [-0.2, 0) is 15.6 Å². The number of hydrogen-bond donors (Lipinski definition) is 1. The van der Waals surface area contributed by atoms with E-state index in [2.05, 4.69) is 5.32 Å². The number of benzene rings is 3. The van der Waals surface area contributed by atoms with E-state index in [1.165, 1.54) is 0 Å². The van der Waals surface area contributed by atoms with Gasteiger partial charge in [0.05, 0.1) is 10.6 Å². The van der Waals surface area contributed by atoms with E-state index in [9.17, 15) is 8.42 Å². The molecule has 0 aromatic heterocycles. The Morgan fingerprint density at radius 1 is 0.846 bits per heavy atom. The maximum atomic E-state index is 12.8. The molecule has 0 unspecified atom stereocenters. The predicted molar refractivity (Wildman–Crippen MR) is 99.6 cm³/mol. The van der Waals surface area contributed by atoms with Gasteiger partial charge in [0, 0.05) is 17.4 Å². The maximum Gasteiger partial charge on any atom is 0.231 e. The molecule has 0 atom stereocenters. The van der Waals surface area contributed by atoms with Crippen LogP contribution in [0.3, 0.4) is 0 Å². The highest BCUT2D eigenvalue weighted by atomic mass is 32.2. The average Bonchev–Trinajstić information content (AvgIpc) is 3.10. The van der Waals surface area contributed by atoms with Crippen LogP contribution < -0.4 is 14.8 Å². The molecule has 3 aromatic carbocycles. The lowest BCUT2D eigenvalue weighted by Gasteiger charge is -2.14.